The predicted octanol–water partition coefficient (Wildman–Crippen LogP) is 3.42. The van der Waals surface area contributed by atoms with Crippen LogP contribution in [0.15, 0.2) is 55.7 Å². The summed E-state index contributed by atoms with van der Waals surface area (Å²) in [6, 6.07) is 7.76. The molecule has 0 aliphatic rings. The Morgan fingerprint density at radius 2 is 1.52 bits per heavy atom. The number of benzene rings is 1. The first-order valence-corrected chi connectivity index (χ1v) is 6.56. The molecule has 1 rings (SSSR count). The van der Waals surface area contributed by atoms with Gasteiger partial charge in [0.2, 0.25) is 0 Å². The van der Waals surface area contributed by atoms with Crippen molar-refractivity contribution in [2.75, 3.05) is 21.3 Å². The number of hydrogen-bond acceptors (Lipinski definition) is 5. The lowest BCUT2D eigenvalue weighted by molar-refractivity contribution is -0.136. The Hall–Kier alpha value is -2.82. The van der Waals surface area contributed by atoms with Gasteiger partial charge in [0.15, 0.2) is 0 Å². The van der Waals surface area contributed by atoms with Crippen LogP contribution in [0.25, 0.3) is 6.08 Å². The fourth-order valence-corrected chi connectivity index (χ4v) is 0.998. The highest BCUT2D eigenvalue weighted by atomic mass is 16.5. The largest absolute Gasteiger partial charge is 0.497 e. The average molecular weight is 320 g/mol. The number of carbonyl (C=O) groups is 2. The van der Waals surface area contributed by atoms with Crippen molar-refractivity contribution in [1.82, 2.24) is 0 Å². The van der Waals surface area contributed by atoms with E-state index in [2.05, 4.69) is 29.2 Å². The summed E-state index contributed by atoms with van der Waals surface area (Å²) in [6.45, 7) is 11.8. The molecule has 0 heterocycles. The SMILES string of the molecule is C=C(C)C(=O)OC.C=CC(=O)OC.C=Cc1ccc(OC)cc1. The minimum atomic E-state index is -0.394. The van der Waals surface area contributed by atoms with Crippen molar-refractivity contribution in [3.05, 3.63) is 61.2 Å². The van der Waals surface area contributed by atoms with Crippen LogP contribution in [0.5, 0.6) is 5.75 Å². The van der Waals surface area contributed by atoms with Gasteiger partial charge in [-0.3, -0.25) is 0 Å². The normalized spacial score (nSPS) is 8.00. The van der Waals surface area contributed by atoms with Crippen molar-refractivity contribution in [2.24, 2.45) is 0 Å². The molecule has 0 bridgehead atoms. The Kier molecular flexibility index (Phi) is 13.8. The van der Waals surface area contributed by atoms with Crippen LogP contribution >= 0.6 is 0 Å². The maximum absolute atomic E-state index is 10.2. The van der Waals surface area contributed by atoms with Crippen LogP contribution in [0, 0.1) is 0 Å². The number of methoxy groups -OCH3 is 3. The van der Waals surface area contributed by atoms with Crippen molar-refractivity contribution in [3.63, 3.8) is 0 Å². The Labute approximate surface area is 137 Å². The maximum Gasteiger partial charge on any atom is 0.332 e. The van der Waals surface area contributed by atoms with E-state index in [1.807, 2.05) is 24.3 Å². The molecular formula is C18H24O5. The molecule has 5 nitrogen and oxygen atoms in total. The molecule has 0 radical (unpaired) electrons. The average Bonchev–Trinajstić information content (AvgIpc) is 2.61. The van der Waals surface area contributed by atoms with Crippen LogP contribution in [0.3, 0.4) is 0 Å². The lowest BCUT2D eigenvalue weighted by atomic mass is 10.2. The van der Waals surface area contributed by atoms with Crippen LogP contribution in [-0.2, 0) is 19.1 Å². The van der Waals surface area contributed by atoms with Crippen molar-refractivity contribution >= 4 is 18.0 Å². The molecule has 0 aliphatic carbocycles. The third-order valence-electron chi connectivity index (χ3n) is 2.25. The summed E-state index contributed by atoms with van der Waals surface area (Å²) in [5.74, 6) is 0.139. The molecule has 0 spiro atoms. The topological polar surface area (TPSA) is 61.8 Å². The summed E-state index contributed by atoms with van der Waals surface area (Å²) < 4.78 is 13.4. The molecule has 126 valence electrons. The maximum atomic E-state index is 10.2. The molecule has 0 aromatic heterocycles. The van der Waals surface area contributed by atoms with E-state index in [1.165, 1.54) is 14.2 Å². The first-order valence-electron chi connectivity index (χ1n) is 6.56. The molecule has 0 N–H and O–H groups in total. The standard InChI is InChI=1S/C9H10O.C5H8O2.C4H6O2/c1-3-8-4-6-9(10-2)7-5-8;1-4(2)5(6)7-3;1-3-4(5)6-2/h3-7H,1H2,2H3;1H2,2-3H3;3H,1H2,2H3. The molecule has 1 aromatic rings. The molecule has 0 fully saturated rings. The van der Waals surface area contributed by atoms with E-state index in [0.717, 1.165) is 17.4 Å². The summed E-state index contributed by atoms with van der Waals surface area (Å²) in [6.07, 6.45) is 2.92. The van der Waals surface area contributed by atoms with Crippen molar-refractivity contribution in [1.29, 1.82) is 0 Å². The van der Waals surface area contributed by atoms with Gasteiger partial charge in [-0.1, -0.05) is 37.9 Å². The fourth-order valence-electron chi connectivity index (χ4n) is 0.998. The van der Waals surface area contributed by atoms with Gasteiger partial charge in [-0.15, -0.1) is 0 Å². The van der Waals surface area contributed by atoms with Crippen LogP contribution in [0.2, 0.25) is 0 Å². The van der Waals surface area contributed by atoms with Crippen molar-refractivity contribution in [2.45, 2.75) is 6.92 Å². The summed E-state index contributed by atoms with van der Waals surface area (Å²) in [4.78, 5) is 20.0. The number of carbonyl (C=O) groups excluding carboxylic acids is 2. The second-order valence-corrected chi connectivity index (χ2v) is 3.98. The van der Waals surface area contributed by atoms with Crippen LogP contribution in [-0.4, -0.2) is 33.3 Å². The second kappa shape index (κ2) is 14.1. The zero-order valence-corrected chi connectivity index (χ0v) is 14.1. The van der Waals surface area contributed by atoms with Gasteiger partial charge < -0.3 is 14.2 Å². The molecule has 5 heteroatoms. The molecule has 23 heavy (non-hydrogen) atoms. The van der Waals surface area contributed by atoms with Gasteiger partial charge in [0.1, 0.15) is 5.75 Å². The van der Waals surface area contributed by atoms with E-state index in [9.17, 15) is 9.59 Å². The van der Waals surface area contributed by atoms with Gasteiger partial charge in [0.25, 0.3) is 0 Å². The number of esters is 2. The molecule has 0 amide bonds. The first kappa shape index (κ1) is 22.5. The van der Waals surface area contributed by atoms with E-state index in [1.54, 1.807) is 20.1 Å². The molecule has 1 aromatic carbocycles. The predicted molar refractivity (Wildman–Crippen MR) is 92.1 cm³/mol. The minimum absolute atomic E-state index is 0.347. The highest BCUT2D eigenvalue weighted by molar-refractivity contribution is 5.86. The van der Waals surface area contributed by atoms with Gasteiger partial charge in [0.05, 0.1) is 21.3 Å². The van der Waals surface area contributed by atoms with Crippen molar-refractivity contribution in [3.8, 4) is 5.75 Å². The Bertz CT molecular complexity index is 515. The van der Waals surface area contributed by atoms with Crippen LogP contribution in [0.1, 0.15) is 12.5 Å². The Balaban J connectivity index is 0. The summed E-state index contributed by atoms with van der Waals surface area (Å²) in [7, 11) is 4.30. The number of rotatable bonds is 4. The quantitative estimate of drug-likeness (QED) is 0.628. The molecule has 0 aliphatic heterocycles. The van der Waals surface area contributed by atoms with Gasteiger partial charge in [-0.25, -0.2) is 9.59 Å². The monoisotopic (exact) mass is 320 g/mol. The van der Waals surface area contributed by atoms with Gasteiger partial charge >= 0.3 is 11.9 Å². The van der Waals surface area contributed by atoms with E-state index < -0.39 is 5.97 Å². The van der Waals surface area contributed by atoms with Crippen LogP contribution in [0.4, 0.5) is 0 Å². The molecule has 0 saturated carbocycles. The van der Waals surface area contributed by atoms with Gasteiger partial charge in [-0.05, 0) is 24.6 Å². The summed E-state index contributed by atoms with van der Waals surface area (Å²) >= 11 is 0. The van der Waals surface area contributed by atoms with E-state index in [4.69, 9.17) is 4.74 Å². The number of ether oxygens (including phenoxy) is 3. The van der Waals surface area contributed by atoms with E-state index >= 15 is 0 Å². The minimum Gasteiger partial charge on any atom is -0.497 e. The van der Waals surface area contributed by atoms with E-state index in [0.29, 0.717) is 5.57 Å². The van der Waals surface area contributed by atoms with Gasteiger partial charge in [-0.2, -0.15) is 0 Å². The first-order chi connectivity index (χ1) is 10.9. The third-order valence-corrected chi connectivity index (χ3v) is 2.25. The summed E-state index contributed by atoms with van der Waals surface area (Å²) in [5.41, 5.74) is 1.54. The summed E-state index contributed by atoms with van der Waals surface area (Å²) in [5, 5.41) is 0. The zero-order valence-electron chi connectivity index (χ0n) is 14.1. The van der Waals surface area contributed by atoms with Crippen LogP contribution < -0.4 is 4.74 Å². The molecule has 0 unspecified atom stereocenters. The molecule has 0 saturated heterocycles. The second-order valence-electron chi connectivity index (χ2n) is 3.98. The van der Waals surface area contributed by atoms with Gasteiger partial charge in [0, 0.05) is 11.6 Å². The smallest absolute Gasteiger partial charge is 0.332 e. The Morgan fingerprint density at radius 1 is 1.00 bits per heavy atom. The van der Waals surface area contributed by atoms with E-state index in [-0.39, 0.29) is 5.97 Å². The highest BCUT2D eigenvalue weighted by Gasteiger charge is 1.95. The highest BCUT2D eigenvalue weighted by Crippen LogP contribution is 2.11. The third kappa shape index (κ3) is 12.6. The number of hydrogen-bond donors (Lipinski definition) is 0. The lowest BCUT2D eigenvalue weighted by Crippen LogP contribution is -1.98. The zero-order chi connectivity index (χ0) is 18.3. The van der Waals surface area contributed by atoms with Crippen molar-refractivity contribution < 1.29 is 23.8 Å². The Morgan fingerprint density at radius 3 is 1.70 bits per heavy atom. The lowest BCUT2D eigenvalue weighted by Gasteiger charge is -1.97. The molecule has 0 atom stereocenters. The fraction of sp³-hybridized carbons (Fsp3) is 0.222. The molecular weight excluding hydrogens is 296 g/mol.